The Morgan fingerprint density at radius 3 is 2.90 bits per heavy atom. The summed E-state index contributed by atoms with van der Waals surface area (Å²) in [4.78, 5) is 20.1. The maximum absolute atomic E-state index is 11.6. The number of carbonyl (C=O) groups is 1. The number of aliphatic imine (C=N–C) groups is 1. The van der Waals surface area contributed by atoms with Crippen LogP contribution < -0.4 is 0 Å². The number of ether oxygens (including phenoxy) is 1. The molecule has 0 aliphatic heterocycles. The van der Waals surface area contributed by atoms with Gasteiger partial charge >= 0.3 is 5.97 Å². The molecule has 1 heterocycles. The minimum Gasteiger partial charge on any atom is -0.512 e. The predicted octanol–water partition coefficient (Wildman–Crippen LogP) is 3.39. The van der Waals surface area contributed by atoms with Crippen LogP contribution in [0.15, 0.2) is 40.6 Å². The largest absolute Gasteiger partial charge is 0.512 e. The third-order valence-corrected chi connectivity index (χ3v) is 3.42. The van der Waals surface area contributed by atoms with E-state index in [0.29, 0.717) is 5.13 Å². The summed E-state index contributed by atoms with van der Waals surface area (Å²) >= 11 is 1.41. The quantitative estimate of drug-likeness (QED) is 0.405. The molecule has 0 unspecified atom stereocenters. The maximum Gasteiger partial charge on any atom is 0.343 e. The van der Waals surface area contributed by atoms with Gasteiger partial charge in [-0.3, -0.25) is 0 Å². The van der Waals surface area contributed by atoms with Crippen LogP contribution in [0.25, 0.3) is 10.2 Å². The van der Waals surface area contributed by atoms with Gasteiger partial charge in [-0.2, -0.15) is 0 Å². The van der Waals surface area contributed by atoms with Crippen molar-refractivity contribution in [3.8, 4) is 0 Å². The summed E-state index contributed by atoms with van der Waals surface area (Å²) in [5.74, 6) is -0.731. The van der Waals surface area contributed by atoms with Crippen molar-refractivity contribution in [3.05, 3.63) is 35.6 Å². The summed E-state index contributed by atoms with van der Waals surface area (Å²) in [5, 5.41) is 10.0. The fraction of sp³-hybridized carbons (Fsp3) is 0.214. The highest BCUT2D eigenvalue weighted by atomic mass is 32.1. The Kier molecular flexibility index (Phi) is 4.47. The first-order valence-electron chi connectivity index (χ1n) is 6.08. The number of thiazole rings is 1. The SMILES string of the molecule is CCOC(=O)C(/C=N/c1nc2ccccc2s1)=C(\C)O. The number of aromatic nitrogens is 1. The molecule has 1 aromatic carbocycles. The number of aliphatic hydroxyl groups excluding tert-OH is 1. The van der Waals surface area contributed by atoms with E-state index in [1.165, 1.54) is 24.5 Å². The zero-order valence-electron chi connectivity index (χ0n) is 11.2. The number of nitrogens with zero attached hydrogens (tertiary/aromatic N) is 2. The number of carbonyl (C=O) groups excluding carboxylic acids is 1. The van der Waals surface area contributed by atoms with Crippen LogP contribution in [0.4, 0.5) is 5.13 Å². The van der Waals surface area contributed by atoms with E-state index >= 15 is 0 Å². The summed E-state index contributed by atoms with van der Waals surface area (Å²) in [6.45, 7) is 3.36. The van der Waals surface area contributed by atoms with Gasteiger partial charge in [0.15, 0.2) is 0 Å². The number of fused-ring (bicyclic) bond motifs is 1. The minimum atomic E-state index is -0.600. The molecule has 0 saturated carbocycles. The van der Waals surface area contributed by atoms with Crippen molar-refractivity contribution in [2.45, 2.75) is 13.8 Å². The van der Waals surface area contributed by atoms with Crippen molar-refractivity contribution in [1.82, 2.24) is 4.98 Å². The van der Waals surface area contributed by atoms with Crippen molar-refractivity contribution in [2.75, 3.05) is 6.61 Å². The standard InChI is InChI=1S/C14H14N2O3S/c1-3-19-13(18)10(9(2)17)8-15-14-16-11-6-4-5-7-12(11)20-14/h4-8,17H,3H2,1-2H3/b10-9+,15-8+. The third kappa shape index (κ3) is 3.21. The average Bonchev–Trinajstić information content (AvgIpc) is 2.81. The minimum absolute atomic E-state index is 0.0334. The molecule has 104 valence electrons. The zero-order chi connectivity index (χ0) is 14.5. The molecule has 0 saturated heterocycles. The lowest BCUT2D eigenvalue weighted by molar-refractivity contribution is -0.138. The zero-order valence-corrected chi connectivity index (χ0v) is 12.0. The molecule has 0 amide bonds. The van der Waals surface area contributed by atoms with Crippen LogP contribution in [0.5, 0.6) is 0 Å². The van der Waals surface area contributed by atoms with Gasteiger partial charge in [0, 0.05) is 6.21 Å². The Labute approximate surface area is 120 Å². The third-order valence-electron chi connectivity index (χ3n) is 2.47. The molecule has 0 aliphatic carbocycles. The molecule has 0 aliphatic rings. The number of aliphatic hydroxyl groups is 1. The van der Waals surface area contributed by atoms with E-state index < -0.39 is 5.97 Å². The number of hydrogen-bond donors (Lipinski definition) is 1. The molecule has 2 rings (SSSR count). The Bertz CT molecular complexity index is 652. The van der Waals surface area contributed by atoms with E-state index in [-0.39, 0.29) is 17.9 Å². The fourth-order valence-corrected chi connectivity index (χ4v) is 2.35. The van der Waals surface area contributed by atoms with E-state index in [4.69, 9.17) is 4.74 Å². The van der Waals surface area contributed by atoms with Gasteiger partial charge in [0.05, 0.1) is 16.8 Å². The molecule has 5 nitrogen and oxygen atoms in total. The van der Waals surface area contributed by atoms with E-state index in [9.17, 15) is 9.90 Å². The normalized spacial score (nSPS) is 12.7. The number of allylic oxidation sites excluding steroid dienone is 1. The second-order valence-electron chi connectivity index (χ2n) is 3.94. The molecule has 6 heteroatoms. The lowest BCUT2D eigenvalue weighted by atomic mass is 10.2. The van der Waals surface area contributed by atoms with Gasteiger partial charge < -0.3 is 9.84 Å². The molecule has 0 spiro atoms. The van der Waals surface area contributed by atoms with Gasteiger partial charge in [0.1, 0.15) is 11.3 Å². The van der Waals surface area contributed by atoms with Gasteiger partial charge in [0.25, 0.3) is 0 Å². The first-order chi connectivity index (χ1) is 9.61. The topological polar surface area (TPSA) is 71.8 Å². The molecule has 0 radical (unpaired) electrons. The van der Waals surface area contributed by atoms with Crippen LogP contribution in [-0.2, 0) is 9.53 Å². The summed E-state index contributed by atoms with van der Waals surface area (Å²) in [6.07, 6.45) is 1.28. The predicted molar refractivity (Wildman–Crippen MR) is 79.7 cm³/mol. The monoisotopic (exact) mass is 290 g/mol. The van der Waals surface area contributed by atoms with Crippen molar-refractivity contribution >= 4 is 38.9 Å². The van der Waals surface area contributed by atoms with E-state index in [1.807, 2.05) is 24.3 Å². The van der Waals surface area contributed by atoms with Crippen LogP contribution in [-0.4, -0.2) is 28.9 Å². The Morgan fingerprint density at radius 1 is 1.50 bits per heavy atom. The van der Waals surface area contributed by atoms with E-state index in [1.54, 1.807) is 6.92 Å². The molecule has 0 bridgehead atoms. The highest BCUT2D eigenvalue weighted by Crippen LogP contribution is 2.27. The number of para-hydroxylation sites is 1. The van der Waals surface area contributed by atoms with Crippen molar-refractivity contribution in [3.63, 3.8) is 0 Å². The molecule has 1 N–H and O–H groups in total. The summed E-state index contributed by atoms with van der Waals surface area (Å²) < 4.78 is 5.86. The number of hydrogen-bond acceptors (Lipinski definition) is 6. The lowest BCUT2D eigenvalue weighted by Gasteiger charge is -2.02. The van der Waals surface area contributed by atoms with Gasteiger partial charge in [0.2, 0.25) is 5.13 Å². The van der Waals surface area contributed by atoms with Crippen LogP contribution in [0.3, 0.4) is 0 Å². The summed E-state index contributed by atoms with van der Waals surface area (Å²) in [5.41, 5.74) is 0.887. The van der Waals surface area contributed by atoms with E-state index in [2.05, 4.69) is 9.98 Å². The van der Waals surface area contributed by atoms with Crippen LogP contribution in [0.2, 0.25) is 0 Å². The molecule has 0 fully saturated rings. The van der Waals surface area contributed by atoms with Crippen LogP contribution in [0.1, 0.15) is 13.8 Å². The number of esters is 1. The van der Waals surface area contributed by atoms with Crippen LogP contribution >= 0.6 is 11.3 Å². The number of benzene rings is 1. The molecule has 1 aromatic heterocycles. The van der Waals surface area contributed by atoms with E-state index in [0.717, 1.165) is 10.2 Å². The second kappa shape index (κ2) is 6.29. The average molecular weight is 290 g/mol. The Morgan fingerprint density at radius 2 is 2.25 bits per heavy atom. The van der Waals surface area contributed by atoms with Gasteiger partial charge in [-0.15, -0.1) is 0 Å². The highest BCUT2D eigenvalue weighted by molar-refractivity contribution is 7.22. The summed E-state index contributed by atoms with van der Waals surface area (Å²) in [6, 6.07) is 7.67. The fourth-order valence-electron chi connectivity index (χ4n) is 1.54. The van der Waals surface area contributed by atoms with Gasteiger partial charge in [-0.1, -0.05) is 23.5 Å². The Balaban J connectivity index is 2.26. The Hall–Kier alpha value is -2.21. The molecule has 20 heavy (non-hydrogen) atoms. The maximum atomic E-state index is 11.6. The van der Waals surface area contributed by atoms with Crippen molar-refractivity contribution in [2.24, 2.45) is 4.99 Å². The summed E-state index contributed by atoms with van der Waals surface area (Å²) in [7, 11) is 0. The second-order valence-corrected chi connectivity index (χ2v) is 4.95. The van der Waals surface area contributed by atoms with Crippen molar-refractivity contribution < 1.29 is 14.6 Å². The van der Waals surface area contributed by atoms with Crippen molar-refractivity contribution in [1.29, 1.82) is 0 Å². The molecular weight excluding hydrogens is 276 g/mol. The number of rotatable bonds is 4. The van der Waals surface area contributed by atoms with Gasteiger partial charge in [-0.25, -0.2) is 14.8 Å². The first-order valence-corrected chi connectivity index (χ1v) is 6.90. The molecular formula is C14H14N2O3S. The smallest absolute Gasteiger partial charge is 0.343 e. The first kappa shape index (κ1) is 14.2. The molecule has 0 atom stereocenters. The molecule has 2 aromatic rings. The van der Waals surface area contributed by atoms with Crippen LogP contribution in [0, 0.1) is 0 Å². The lowest BCUT2D eigenvalue weighted by Crippen LogP contribution is -2.10. The van der Waals surface area contributed by atoms with Gasteiger partial charge in [-0.05, 0) is 26.0 Å². The highest BCUT2D eigenvalue weighted by Gasteiger charge is 2.12.